The van der Waals surface area contributed by atoms with Crippen LogP contribution in [0.15, 0.2) is 54.7 Å². The number of halogens is 4. The van der Waals surface area contributed by atoms with Crippen molar-refractivity contribution in [3.8, 4) is 17.1 Å². The molecule has 6 nitrogen and oxygen atoms in total. The number of hydrogen-bond donors (Lipinski definition) is 1. The Hall–Kier alpha value is -3.92. The molecule has 2 aliphatic heterocycles. The summed E-state index contributed by atoms with van der Waals surface area (Å²) < 4.78 is 61.6. The number of aromatic nitrogens is 2. The molecule has 4 aromatic rings. The molecule has 1 fully saturated rings. The van der Waals surface area contributed by atoms with Crippen molar-refractivity contribution in [3.63, 3.8) is 0 Å². The Morgan fingerprint density at radius 3 is 2.53 bits per heavy atom. The van der Waals surface area contributed by atoms with Crippen LogP contribution in [0.25, 0.3) is 22.3 Å². The standard InChI is InChI=1S/C26H20F4N4O2/c27-18-12-17-19(13-21(18)33-10-7-31-8-11-33)32-23-20-2-1-9-34(20)25(35)22(23)24(17)36-14-15-3-5-16(6-4-15)26(28,29)30/h1-6,9,12-13,31H,7-8,10-11,14H2. The van der Waals surface area contributed by atoms with Gasteiger partial charge in [-0.25, -0.2) is 9.37 Å². The number of carbonyl (C=O) groups is 1. The molecular formula is C26H20F4N4O2. The van der Waals surface area contributed by atoms with Crippen LogP contribution < -0.4 is 15.0 Å². The van der Waals surface area contributed by atoms with Crippen molar-refractivity contribution in [2.75, 3.05) is 31.1 Å². The molecule has 2 aromatic carbocycles. The molecule has 0 unspecified atom stereocenters. The molecule has 1 saturated heterocycles. The number of ether oxygens (including phenoxy) is 1. The molecule has 0 aliphatic carbocycles. The summed E-state index contributed by atoms with van der Waals surface area (Å²) in [6.45, 7) is 2.65. The summed E-state index contributed by atoms with van der Waals surface area (Å²) in [5.41, 5.74) is 1.84. The Morgan fingerprint density at radius 1 is 1.06 bits per heavy atom. The third-order valence-electron chi connectivity index (χ3n) is 6.55. The van der Waals surface area contributed by atoms with E-state index in [2.05, 4.69) is 5.32 Å². The fourth-order valence-corrected chi connectivity index (χ4v) is 4.74. The summed E-state index contributed by atoms with van der Waals surface area (Å²) in [7, 11) is 0. The Bertz CT molecular complexity index is 1490. The number of benzene rings is 2. The third kappa shape index (κ3) is 3.69. The van der Waals surface area contributed by atoms with Crippen LogP contribution in [0.3, 0.4) is 0 Å². The summed E-state index contributed by atoms with van der Waals surface area (Å²) in [4.78, 5) is 19.8. The molecule has 184 valence electrons. The van der Waals surface area contributed by atoms with Crippen molar-refractivity contribution >= 4 is 22.5 Å². The van der Waals surface area contributed by atoms with Crippen molar-refractivity contribution in [1.82, 2.24) is 14.9 Å². The highest BCUT2D eigenvalue weighted by Crippen LogP contribution is 2.42. The number of pyridine rings is 1. The molecule has 0 bridgehead atoms. The van der Waals surface area contributed by atoms with Gasteiger partial charge >= 0.3 is 6.18 Å². The Morgan fingerprint density at radius 2 is 1.81 bits per heavy atom. The highest BCUT2D eigenvalue weighted by atomic mass is 19.4. The number of anilines is 1. The maximum atomic E-state index is 15.3. The van der Waals surface area contributed by atoms with Crippen molar-refractivity contribution in [1.29, 1.82) is 0 Å². The normalized spacial score (nSPS) is 15.3. The minimum Gasteiger partial charge on any atom is -0.487 e. The van der Waals surface area contributed by atoms with Crippen LogP contribution in [0.5, 0.6) is 5.75 Å². The predicted molar refractivity (Wildman–Crippen MR) is 126 cm³/mol. The first-order chi connectivity index (χ1) is 17.3. The molecule has 0 amide bonds. The van der Waals surface area contributed by atoms with Crippen LogP contribution in [0, 0.1) is 5.82 Å². The lowest BCUT2D eigenvalue weighted by Gasteiger charge is -2.30. The van der Waals surface area contributed by atoms with Crippen LogP contribution in [0.2, 0.25) is 0 Å². The van der Waals surface area contributed by atoms with E-state index in [0.29, 0.717) is 46.6 Å². The molecule has 2 aliphatic rings. The van der Waals surface area contributed by atoms with Gasteiger partial charge in [0, 0.05) is 37.8 Å². The number of nitrogens with one attached hydrogen (secondary N) is 1. The van der Waals surface area contributed by atoms with Gasteiger partial charge in [-0.3, -0.25) is 9.36 Å². The number of fused-ring (bicyclic) bond motifs is 4. The van der Waals surface area contributed by atoms with Gasteiger partial charge in [-0.05, 0) is 42.0 Å². The fourth-order valence-electron chi connectivity index (χ4n) is 4.74. The highest BCUT2D eigenvalue weighted by molar-refractivity contribution is 6.14. The largest absolute Gasteiger partial charge is 0.487 e. The number of carbonyl (C=O) groups excluding carboxylic acids is 1. The first-order valence-electron chi connectivity index (χ1n) is 11.5. The van der Waals surface area contributed by atoms with Gasteiger partial charge in [0.1, 0.15) is 29.4 Å². The zero-order valence-corrected chi connectivity index (χ0v) is 18.9. The zero-order chi connectivity index (χ0) is 25.0. The molecule has 0 radical (unpaired) electrons. The second-order valence-corrected chi connectivity index (χ2v) is 8.77. The van der Waals surface area contributed by atoms with Crippen LogP contribution in [-0.2, 0) is 12.8 Å². The minimum absolute atomic E-state index is 0.104. The molecule has 0 atom stereocenters. The highest BCUT2D eigenvalue weighted by Gasteiger charge is 2.34. The number of hydrogen-bond acceptors (Lipinski definition) is 5. The first kappa shape index (κ1) is 22.5. The molecule has 6 rings (SSSR count). The molecule has 0 saturated carbocycles. The summed E-state index contributed by atoms with van der Waals surface area (Å²) in [5, 5.41) is 3.57. The van der Waals surface area contributed by atoms with Gasteiger partial charge in [0.2, 0.25) is 0 Å². The number of rotatable bonds is 4. The van der Waals surface area contributed by atoms with Gasteiger partial charge in [0.15, 0.2) is 0 Å². The molecular weight excluding hydrogens is 476 g/mol. The van der Waals surface area contributed by atoms with Gasteiger partial charge in [0.25, 0.3) is 5.91 Å². The fraction of sp³-hybridized carbons (Fsp3) is 0.231. The second kappa shape index (κ2) is 8.34. The van der Waals surface area contributed by atoms with E-state index >= 15 is 4.39 Å². The number of piperazine rings is 1. The van der Waals surface area contributed by atoms with E-state index in [1.165, 1.54) is 22.8 Å². The van der Waals surface area contributed by atoms with Crippen molar-refractivity contribution in [2.24, 2.45) is 0 Å². The molecule has 10 heteroatoms. The second-order valence-electron chi connectivity index (χ2n) is 8.77. The minimum atomic E-state index is -4.44. The molecule has 4 heterocycles. The van der Waals surface area contributed by atoms with E-state index in [4.69, 9.17) is 9.72 Å². The Balaban J connectivity index is 1.44. The Labute approximate surface area is 203 Å². The van der Waals surface area contributed by atoms with Crippen molar-refractivity contribution in [2.45, 2.75) is 12.8 Å². The van der Waals surface area contributed by atoms with Gasteiger partial charge in [-0.1, -0.05) is 12.1 Å². The third-order valence-corrected chi connectivity index (χ3v) is 6.55. The summed E-state index contributed by atoms with van der Waals surface area (Å²) in [5.74, 6) is -0.654. The first-order valence-corrected chi connectivity index (χ1v) is 11.5. The molecule has 0 spiro atoms. The molecule has 2 aromatic heterocycles. The monoisotopic (exact) mass is 496 g/mol. The average Bonchev–Trinajstić information content (AvgIpc) is 3.45. The maximum Gasteiger partial charge on any atom is 0.416 e. The quantitative estimate of drug-likeness (QED) is 0.361. The van der Waals surface area contributed by atoms with E-state index < -0.39 is 17.6 Å². The number of nitrogens with zero attached hydrogens (tertiary/aromatic N) is 3. The topological polar surface area (TPSA) is 59.4 Å². The Kier molecular flexibility index (Phi) is 5.22. The van der Waals surface area contributed by atoms with Crippen molar-refractivity contribution in [3.05, 3.63) is 77.2 Å². The van der Waals surface area contributed by atoms with Gasteiger partial charge < -0.3 is 15.0 Å². The van der Waals surface area contributed by atoms with Crippen LogP contribution in [0.4, 0.5) is 23.2 Å². The SMILES string of the molecule is O=C1c2c(nc3cc(N4CCNCC4)c(F)cc3c2OCc2ccc(C(F)(F)F)cc2)-c2cccn21. The summed E-state index contributed by atoms with van der Waals surface area (Å²) >= 11 is 0. The van der Waals surface area contributed by atoms with Gasteiger partial charge in [-0.15, -0.1) is 0 Å². The van der Waals surface area contributed by atoms with Crippen molar-refractivity contribution < 1.29 is 27.1 Å². The predicted octanol–water partition coefficient (Wildman–Crippen LogP) is 4.85. The van der Waals surface area contributed by atoms with Gasteiger partial charge in [0.05, 0.1) is 22.5 Å². The summed E-state index contributed by atoms with van der Waals surface area (Å²) in [6, 6.07) is 11.1. The van der Waals surface area contributed by atoms with E-state index in [1.807, 2.05) is 4.90 Å². The zero-order valence-electron chi connectivity index (χ0n) is 18.9. The lowest BCUT2D eigenvalue weighted by molar-refractivity contribution is -0.137. The molecule has 36 heavy (non-hydrogen) atoms. The van der Waals surface area contributed by atoms with E-state index in [0.717, 1.165) is 25.2 Å². The van der Waals surface area contributed by atoms with Crippen LogP contribution in [0.1, 0.15) is 21.5 Å². The van der Waals surface area contributed by atoms with Crippen LogP contribution >= 0.6 is 0 Å². The van der Waals surface area contributed by atoms with E-state index in [-0.39, 0.29) is 23.8 Å². The number of alkyl halides is 3. The van der Waals surface area contributed by atoms with E-state index in [1.54, 1.807) is 24.4 Å². The van der Waals surface area contributed by atoms with Gasteiger partial charge in [-0.2, -0.15) is 13.2 Å². The lowest BCUT2D eigenvalue weighted by Crippen LogP contribution is -2.43. The van der Waals surface area contributed by atoms with Crippen LogP contribution in [-0.4, -0.2) is 41.6 Å². The summed E-state index contributed by atoms with van der Waals surface area (Å²) in [6.07, 6.45) is -2.82. The average molecular weight is 496 g/mol. The maximum absolute atomic E-state index is 15.3. The molecule has 1 N–H and O–H groups in total. The van der Waals surface area contributed by atoms with E-state index in [9.17, 15) is 18.0 Å². The lowest BCUT2D eigenvalue weighted by atomic mass is 10.1. The smallest absolute Gasteiger partial charge is 0.416 e.